The lowest BCUT2D eigenvalue weighted by Gasteiger charge is -2.11. The van der Waals surface area contributed by atoms with Crippen LogP contribution in [0.3, 0.4) is 0 Å². The van der Waals surface area contributed by atoms with Crippen molar-refractivity contribution in [2.45, 2.75) is 37.1 Å². The highest BCUT2D eigenvalue weighted by Gasteiger charge is 2.02. The maximum Gasteiger partial charge on any atom is 0.174 e. The molecular weight excluding hydrogens is 214 g/mol. The Labute approximate surface area is 93.7 Å². The van der Waals surface area contributed by atoms with Crippen molar-refractivity contribution in [2.75, 3.05) is 12.3 Å². The first kappa shape index (κ1) is 11.9. The minimum Gasteiger partial charge on any atom is -0.314 e. The summed E-state index contributed by atoms with van der Waals surface area (Å²) in [5.74, 6) is 1.12. The van der Waals surface area contributed by atoms with Gasteiger partial charge in [0.2, 0.25) is 0 Å². The van der Waals surface area contributed by atoms with Crippen LogP contribution in [0.15, 0.2) is 9.85 Å². The van der Waals surface area contributed by atoms with Crippen LogP contribution < -0.4 is 5.32 Å². The van der Waals surface area contributed by atoms with E-state index >= 15 is 0 Å². The topological polar surface area (TPSA) is 37.8 Å². The first-order valence-corrected chi connectivity index (χ1v) is 6.81. The normalized spacial score (nSPS) is 13.0. The van der Waals surface area contributed by atoms with E-state index in [9.17, 15) is 0 Å². The van der Waals surface area contributed by atoms with Gasteiger partial charge in [0.25, 0.3) is 0 Å². The molecule has 1 aromatic rings. The van der Waals surface area contributed by atoms with E-state index in [4.69, 9.17) is 0 Å². The number of rotatable bonds is 7. The first-order valence-electron chi connectivity index (χ1n) is 4.95. The molecule has 0 aromatic carbocycles. The second kappa shape index (κ2) is 7.20. The molecular formula is C9H17N3S2. The highest BCUT2D eigenvalue weighted by atomic mass is 32.2. The minimum absolute atomic E-state index is 0.607. The second-order valence-electron chi connectivity index (χ2n) is 3.20. The van der Waals surface area contributed by atoms with Crippen LogP contribution in [0, 0.1) is 0 Å². The molecule has 1 rings (SSSR count). The molecule has 0 saturated carbocycles. The molecule has 0 aliphatic heterocycles. The third kappa shape index (κ3) is 4.93. The van der Waals surface area contributed by atoms with Gasteiger partial charge in [0.15, 0.2) is 4.34 Å². The molecule has 0 bridgehead atoms. The number of nitrogens with zero attached hydrogens (tertiary/aromatic N) is 2. The molecule has 1 unspecified atom stereocenters. The molecule has 1 N–H and O–H groups in total. The standard InChI is InChI=1S/C9H17N3S2/c1-3-5-10-8(2)4-6-13-9-12-11-7-14-9/h7-8,10H,3-6H2,1-2H3. The minimum atomic E-state index is 0.607. The summed E-state index contributed by atoms with van der Waals surface area (Å²) in [6.45, 7) is 5.54. The first-order chi connectivity index (χ1) is 6.83. The molecule has 0 radical (unpaired) electrons. The Morgan fingerprint density at radius 2 is 2.50 bits per heavy atom. The fourth-order valence-corrected chi connectivity index (χ4v) is 2.72. The molecule has 0 spiro atoms. The summed E-state index contributed by atoms with van der Waals surface area (Å²) in [7, 11) is 0. The third-order valence-electron chi connectivity index (χ3n) is 1.86. The smallest absolute Gasteiger partial charge is 0.174 e. The zero-order valence-electron chi connectivity index (χ0n) is 8.69. The van der Waals surface area contributed by atoms with E-state index < -0.39 is 0 Å². The zero-order valence-corrected chi connectivity index (χ0v) is 10.3. The van der Waals surface area contributed by atoms with Gasteiger partial charge in [-0.2, -0.15) is 0 Å². The summed E-state index contributed by atoms with van der Waals surface area (Å²) < 4.78 is 1.08. The predicted octanol–water partition coefficient (Wildman–Crippen LogP) is 2.41. The zero-order chi connectivity index (χ0) is 10.2. The monoisotopic (exact) mass is 231 g/mol. The van der Waals surface area contributed by atoms with Crippen molar-refractivity contribution in [1.29, 1.82) is 0 Å². The maximum atomic E-state index is 3.99. The van der Waals surface area contributed by atoms with E-state index in [-0.39, 0.29) is 0 Å². The number of hydrogen-bond acceptors (Lipinski definition) is 5. The van der Waals surface area contributed by atoms with E-state index in [2.05, 4.69) is 29.4 Å². The summed E-state index contributed by atoms with van der Waals surface area (Å²) in [6.07, 6.45) is 2.39. The largest absolute Gasteiger partial charge is 0.314 e. The molecule has 5 heteroatoms. The lowest BCUT2D eigenvalue weighted by Crippen LogP contribution is -2.27. The molecule has 3 nitrogen and oxygen atoms in total. The van der Waals surface area contributed by atoms with Gasteiger partial charge >= 0.3 is 0 Å². The van der Waals surface area contributed by atoms with E-state index in [1.54, 1.807) is 28.6 Å². The Bertz CT molecular complexity index is 226. The van der Waals surface area contributed by atoms with Crippen molar-refractivity contribution >= 4 is 23.1 Å². The van der Waals surface area contributed by atoms with Crippen molar-refractivity contribution in [2.24, 2.45) is 0 Å². The number of aromatic nitrogens is 2. The summed E-state index contributed by atoms with van der Waals surface area (Å²) in [5.41, 5.74) is 1.78. The molecule has 1 atom stereocenters. The van der Waals surface area contributed by atoms with Gasteiger partial charge in [0.1, 0.15) is 5.51 Å². The molecule has 1 heterocycles. The summed E-state index contributed by atoms with van der Waals surface area (Å²) in [5, 5.41) is 11.3. The lowest BCUT2D eigenvalue weighted by molar-refractivity contribution is 0.536. The second-order valence-corrected chi connectivity index (χ2v) is 5.37. The van der Waals surface area contributed by atoms with E-state index in [1.807, 2.05) is 0 Å². The fourth-order valence-electron chi connectivity index (χ4n) is 1.04. The SMILES string of the molecule is CCCNC(C)CCSc1nncs1. The Morgan fingerprint density at radius 1 is 1.64 bits per heavy atom. The molecule has 0 aliphatic carbocycles. The molecule has 0 fully saturated rings. The van der Waals surface area contributed by atoms with Gasteiger partial charge in [-0.1, -0.05) is 30.0 Å². The summed E-state index contributed by atoms with van der Waals surface area (Å²) in [6, 6.07) is 0.607. The number of hydrogen-bond donors (Lipinski definition) is 1. The molecule has 0 aliphatic rings. The van der Waals surface area contributed by atoms with Gasteiger partial charge in [0.05, 0.1) is 0 Å². The van der Waals surface area contributed by atoms with Crippen LogP contribution in [-0.4, -0.2) is 28.5 Å². The van der Waals surface area contributed by atoms with Crippen molar-refractivity contribution in [3.05, 3.63) is 5.51 Å². The predicted molar refractivity (Wildman–Crippen MR) is 63.0 cm³/mol. The maximum absolute atomic E-state index is 3.99. The fraction of sp³-hybridized carbons (Fsp3) is 0.778. The van der Waals surface area contributed by atoms with E-state index in [0.29, 0.717) is 6.04 Å². The third-order valence-corrected chi connectivity index (χ3v) is 3.75. The van der Waals surface area contributed by atoms with Crippen molar-refractivity contribution in [3.8, 4) is 0 Å². The Kier molecular flexibility index (Phi) is 6.14. The van der Waals surface area contributed by atoms with Gasteiger partial charge in [-0.15, -0.1) is 10.2 Å². The summed E-state index contributed by atoms with van der Waals surface area (Å²) >= 11 is 3.41. The Morgan fingerprint density at radius 3 is 3.14 bits per heavy atom. The van der Waals surface area contributed by atoms with Crippen LogP contribution in [0.4, 0.5) is 0 Å². The van der Waals surface area contributed by atoms with Crippen LogP contribution in [0.2, 0.25) is 0 Å². The number of nitrogens with one attached hydrogen (secondary N) is 1. The Balaban J connectivity index is 2.03. The van der Waals surface area contributed by atoms with E-state index in [0.717, 1.165) is 16.6 Å². The molecule has 1 aromatic heterocycles. The van der Waals surface area contributed by atoms with Gasteiger partial charge < -0.3 is 5.32 Å². The average Bonchev–Trinajstić information content (AvgIpc) is 2.67. The van der Waals surface area contributed by atoms with Crippen molar-refractivity contribution in [1.82, 2.24) is 15.5 Å². The van der Waals surface area contributed by atoms with Crippen molar-refractivity contribution < 1.29 is 0 Å². The van der Waals surface area contributed by atoms with Crippen LogP contribution in [0.25, 0.3) is 0 Å². The Hall–Kier alpha value is -0.130. The highest BCUT2D eigenvalue weighted by Crippen LogP contribution is 2.19. The van der Waals surface area contributed by atoms with Crippen LogP contribution in [0.1, 0.15) is 26.7 Å². The van der Waals surface area contributed by atoms with Crippen LogP contribution in [0.5, 0.6) is 0 Å². The number of thioether (sulfide) groups is 1. The van der Waals surface area contributed by atoms with Gasteiger partial charge in [-0.3, -0.25) is 0 Å². The average molecular weight is 231 g/mol. The van der Waals surface area contributed by atoms with Crippen molar-refractivity contribution in [3.63, 3.8) is 0 Å². The van der Waals surface area contributed by atoms with Gasteiger partial charge in [0, 0.05) is 11.8 Å². The molecule has 0 amide bonds. The highest BCUT2D eigenvalue weighted by molar-refractivity contribution is 8.00. The summed E-state index contributed by atoms with van der Waals surface area (Å²) in [4.78, 5) is 0. The van der Waals surface area contributed by atoms with Gasteiger partial charge in [-0.25, -0.2) is 0 Å². The van der Waals surface area contributed by atoms with Crippen LogP contribution in [-0.2, 0) is 0 Å². The quantitative estimate of drug-likeness (QED) is 0.731. The van der Waals surface area contributed by atoms with Crippen LogP contribution >= 0.6 is 23.1 Å². The molecule has 80 valence electrons. The molecule has 0 saturated heterocycles. The van der Waals surface area contributed by atoms with E-state index in [1.165, 1.54) is 12.8 Å². The lowest BCUT2D eigenvalue weighted by atomic mass is 10.2. The van der Waals surface area contributed by atoms with Gasteiger partial charge in [-0.05, 0) is 26.3 Å². The molecule has 14 heavy (non-hydrogen) atoms.